The van der Waals surface area contributed by atoms with Gasteiger partial charge in [0.05, 0.1) is 37.9 Å². The van der Waals surface area contributed by atoms with Crippen molar-refractivity contribution in [2.45, 2.75) is 42.7 Å². The summed E-state index contributed by atoms with van der Waals surface area (Å²) >= 11 is 0. The summed E-state index contributed by atoms with van der Waals surface area (Å²) in [6.07, 6.45) is -2.99. The second-order valence-electron chi connectivity index (χ2n) is 16.2. The molecule has 0 spiro atoms. The van der Waals surface area contributed by atoms with Crippen molar-refractivity contribution < 1.29 is 49.4 Å². The predicted molar refractivity (Wildman–Crippen MR) is 281 cm³/mol. The topological polar surface area (TPSA) is 189 Å². The van der Waals surface area contributed by atoms with Crippen LogP contribution in [0.5, 0.6) is 23.0 Å². The van der Waals surface area contributed by atoms with Gasteiger partial charge in [0, 0.05) is 25.0 Å². The van der Waals surface area contributed by atoms with Crippen LogP contribution in [0.4, 0.5) is 30.2 Å². The normalized spacial score (nSPS) is 11.8. The van der Waals surface area contributed by atoms with E-state index in [0.717, 1.165) is 80.8 Å². The molecule has 2 heterocycles. The Morgan fingerprint density at radius 1 is 0.568 bits per heavy atom. The summed E-state index contributed by atoms with van der Waals surface area (Å²) in [6, 6.07) is 62.6. The Morgan fingerprint density at radius 2 is 0.986 bits per heavy atom. The van der Waals surface area contributed by atoms with Crippen LogP contribution in [0.2, 0.25) is 0 Å². The van der Waals surface area contributed by atoms with Crippen molar-refractivity contribution in [1.82, 2.24) is 9.97 Å². The van der Waals surface area contributed by atoms with Gasteiger partial charge in [-0.25, -0.2) is 26.6 Å². The number of carbonyl (C=O) groups is 1. The Morgan fingerprint density at radius 3 is 1.46 bits per heavy atom. The lowest BCUT2D eigenvalue weighted by atomic mass is 10.0. The molecule has 0 bridgehead atoms. The van der Waals surface area contributed by atoms with Crippen LogP contribution < -0.4 is 18.9 Å². The van der Waals surface area contributed by atoms with E-state index in [0.29, 0.717) is 17.8 Å². The number of aliphatic imine (C=N–C) groups is 1. The molecule has 0 saturated carbocycles. The van der Waals surface area contributed by atoms with Crippen molar-refractivity contribution in [2.75, 3.05) is 9.44 Å². The number of anilines is 2. The van der Waals surface area contributed by atoms with Crippen LogP contribution in [0.15, 0.2) is 221 Å². The van der Waals surface area contributed by atoms with Crippen molar-refractivity contribution in [3.05, 3.63) is 229 Å². The number of nitrogens with one attached hydrogen (secondary N) is 3. The van der Waals surface area contributed by atoms with Gasteiger partial charge in [-0.3, -0.25) is 14.4 Å². The molecule has 8 aromatic carbocycles. The summed E-state index contributed by atoms with van der Waals surface area (Å²) in [7, 11) is -7.28. The van der Waals surface area contributed by atoms with Crippen LogP contribution in [0.1, 0.15) is 29.9 Å². The van der Waals surface area contributed by atoms with Crippen LogP contribution in [0, 0.1) is 0 Å². The first kappa shape index (κ1) is 53.1. The van der Waals surface area contributed by atoms with Gasteiger partial charge in [-0.2, -0.15) is 13.2 Å². The maximum absolute atomic E-state index is 12.6. The predicted octanol–water partition coefficient (Wildman–Crippen LogP) is 13.2. The molecule has 0 radical (unpaired) electrons. The minimum Gasteiger partial charge on any atom is -0.475 e. The number of H-pyrrole nitrogens is 1. The van der Waals surface area contributed by atoms with E-state index in [1.807, 2.05) is 115 Å². The summed E-state index contributed by atoms with van der Waals surface area (Å²) < 4.78 is 99.0. The number of alkyl halides is 3. The Labute approximate surface area is 426 Å². The van der Waals surface area contributed by atoms with Crippen LogP contribution >= 0.6 is 0 Å². The highest BCUT2D eigenvalue weighted by Crippen LogP contribution is 2.32. The van der Waals surface area contributed by atoms with E-state index < -0.39 is 32.2 Å². The number of nitrogens with zero attached hydrogens (tertiary/aromatic N) is 2. The van der Waals surface area contributed by atoms with Gasteiger partial charge in [0.2, 0.25) is 0 Å². The van der Waals surface area contributed by atoms with Gasteiger partial charge >= 0.3 is 12.1 Å². The summed E-state index contributed by atoms with van der Waals surface area (Å²) in [4.78, 5) is 22.0. The van der Waals surface area contributed by atoms with Crippen molar-refractivity contribution in [1.29, 1.82) is 0 Å². The first-order chi connectivity index (χ1) is 35.0. The third kappa shape index (κ3) is 14.7. The van der Waals surface area contributed by atoms with E-state index in [9.17, 15) is 30.0 Å². The van der Waals surface area contributed by atoms with E-state index in [-0.39, 0.29) is 17.2 Å². The molecule has 9 aromatic rings. The van der Waals surface area contributed by atoms with Crippen LogP contribution in [-0.4, -0.2) is 49.8 Å². The molecule has 0 fully saturated rings. The second-order valence-corrected chi connectivity index (χ2v) is 19.6. The molecule has 1 aromatic heterocycles. The molecular formula is C56H48F3N5O8S2. The average molecular weight is 1040 g/mol. The molecule has 0 aliphatic carbocycles. The number of imidazole rings is 1. The van der Waals surface area contributed by atoms with Gasteiger partial charge in [-0.1, -0.05) is 111 Å². The molecule has 0 saturated heterocycles. The molecule has 4 N–H and O–H groups in total. The zero-order valence-electron chi connectivity index (χ0n) is 38.4. The molecule has 1 aliphatic heterocycles. The first-order valence-electron chi connectivity index (χ1n) is 22.3. The number of carboxylic acid groups (broad SMARTS) is 1. The lowest BCUT2D eigenvalue weighted by Gasteiger charge is -2.09. The number of carboxylic acids is 1. The Bertz CT molecular complexity index is 3570. The molecule has 1 aliphatic rings. The fourth-order valence-corrected chi connectivity index (χ4v) is 9.42. The lowest BCUT2D eigenvalue weighted by molar-refractivity contribution is -0.192. The average Bonchev–Trinajstić information content (AvgIpc) is 3.98. The maximum Gasteiger partial charge on any atom is 0.490 e. The number of para-hydroxylation sites is 2. The quantitative estimate of drug-likeness (QED) is 0.0821. The number of benzene rings is 8. The van der Waals surface area contributed by atoms with Gasteiger partial charge in [-0.05, 0) is 120 Å². The summed E-state index contributed by atoms with van der Waals surface area (Å²) in [6.45, 7) is 0. The largest absolute Gasteiger partial charge is 0.490 e. The minimum absolute atomic E-state index is 0. The number of aromatic amines is 1. The van der Waals surface area contributed by atoms with Gasteiger partial charge in [-0.15, -0.1) is 0 Å². The molecule has 18 heteroatoms. The SMILES string of the molecule is C.O=C(O)C(F)(F)F.O=S(=O)(Nc1ccc2c(c1)N=C(Cc1ccc(Oc3ccccc3)cc1)C2)c1ccccc1.O=S(=O)(Nc1ccc2nc(Cc3ccc(Oc4ccccc4)cc3)[nH]c2c1)c1ccccc1. The minimum atomic E-state index is -5.08. The third-order valence-corrected chi connectivity index (χ3v) is 13.5. The Balaban J connectivity index is 0.000000189. The molecular weight excluding hydrogens is 992 g/mol. The number of halogens is 3. The summed E-state index contributed by atoms with van der Waals surface area (Å²) in [5, 5.41) is 7.12. The number of aliphatic carboxylic acids is 1. The number of hydrogen-bond donors (Lipinski definition) is 4. The van der Waals surface area contributed by atoms with Gasteiger partial charge < -0.3 is 19.6 Å². The zero-order valence-corrected chi connectivity index (χ0v) is 40.0. The standard InChI is InChI=1S/C27H22N2O3S.C26H21N3O3S.C2HF3O2.CH4/c30-33(31,26-9-5-2-6-10-26)29-22-14-13-21-18-23(28-27(21)19-22)17-20-11-15-25(16-12-20)32-24-7-3-1-4-8-24;30-33(31,23-9-5-2-6-10-23)29-20-13-16-24-25(18-20)28-26(27-24)17-19-11-14-22(15-12-19)32-21-7-3-1-4-8-21;3-2(4,5)1(6)7;/h1-16,19,29H,17-18H2;1-16,18,29H,17H2,(H,27,28);(H,6,7);1H4. The fraction of sp³-hybridized carbons (Fsp3) is 0.0893. The van der Waals surface area contributed by atoms with Crippen molar-refractivity contribution in [3.63, 3.8) is 0 Å². The molecule has 74 heavy (non-hydrogen) atoms. The Kier molecular flexibility index (Phi) is 17.0. The third-order valence-electron chi connectivity index (χ3n) is 10.7. The van der Waals surface area contributed by atoms with Crippen molar-refractivity contribution in [3.8, 4) is 23.0 Å². The number of sulfonamides is 2. The highest BCUT2D eigenvalue weighted by molar-refractivity contribution is 7.93. The first-order valence-corrected chi connectivity index (χ1v) is 25.3. The second kappa shape index (κ2) is 23.7. The zero-order chi connectivity index (χ0) is 51.4. The van der Waals surface area contributed by atoms with E-state index in [2.05, 4.69) is 19.4 Å². The Hall–Kier alpha value is -8.74. The number of fused-ring (bicyclic) bond motifs is 2. The summed E-state index contributed by atoms with van der Waals surface area (Å²) in [5.41, 5.74) is 7.70. The number of ether oxygens (including phenoxy) is 2. The highest BCUT2D eigenvalue weighted by atomic mass is 32.2. The molecule has 10 rings (SSSR count). The molecule has 378 valence electrons. The number of aromatic nitrogens is 2. The van der Waals surface area contributed by atoms with Crippen molar-refractivity contribution >= 4 is 59.8 Å². The molecule has 0 amide bonds. The summed E-state index contributed by atoms with van der Waals surface area (Å²) in [5.74, 6) is 1.19. The number of rotatable bonds is 14. The van der Waals surface area contributed by atoms with E-state index in [1.165, 1.54) is 0 Å². The van der Waals surface area contributed by atoms with Gasteiger partial charge in [0.1, 0.15) is 28.8 Å². The van der Waals surface area contributed by atoms with Gasteiger partial charge in [0.25, 0.3) is 20.0 Å². The van der Waals surface area contributed by atoms with Crippen LogP contribution in [0.25, 0.3) is 11.0 Å². The van der Waals surface area contributed by atoms with Crippen molar-refractivity contribution in [2.24, 2.45) is 4.99 Å². The smallest absolute Gasteiger partial charge is 0.475 e. The highest BCUT2D eigenvalue weighted by Gasteiger charge is 2.38. The lowest BCUT2D eigenvalue weighted by Crippen LogP contribution is -2.21. The fourth-order valence-electron chi connectivity index (χ4n) is 7.28. The van der Waals surface area contributed by atoms with Crippen LogP contribution in [-0.2, 0) is 44.1 Å². The maximum atomic E-state index is 12.6. The van der Waals surface area contributed by atoms with E-state index in [1.54, 1.807) is 91.0 Å². The van der Waals surface area contributed by atoms with Gasteiger partial charge in [0.15, 0.2) is 0 Å². The van der Waals surface area contributed by atoms with Crippen LogP contribution in [0.3, 0.4) is 0 Å². The van der Waals surface area contributed by atoms with E-state index in [4.69, 9.17) is 24.4 Å². The van der Waals surface area contributed by atoms with E-state index >= 15 is 0 Å². The molecule has 13 nitrogen and oxygen atoms in total. The number of hydrogen-bond acceptors (Lipinski definition) is 9. The molecule has 0 unspecified atom stereocenters. The molecule has 0 atom stereocenters. The monoisotopic (exact) mass is 1040 g/mol.